The Bertz CT molecular complexity index is 748. The second kappa shape index (κ2) is 4.94. The van der Waals surface area contributed by atoms with Crippen LogP contribution < -0.4 is 4.72 Å². The van der Waals surface area contributed by atoms with Gasteiger partial charge in [0.25, 0.3) is 0 Å². The smallest absolute Gasteiger partial charge is 0.229 e. The van der Waals surface area contributed by atoms with E-state index >= 15 is 0 Å². The Hall–Kier alpha value is -0.700. The van der Waals surface area contributed by atoms with E-state index in [1.807, 2.05) is 0 Å². The second-order valence-corrected chi connectivity index (χ2v) is 9.35. The highest BCUT2D eigenvalue weighted by atomic mass is 35.5. The molecule has 1 aromatic carbocycles. The van der Waals surface area contributed by atoms with Gasteiger partial charge in [-0.05, 0) is 31.5 Å². The van der Waals surface area contributed by atoms with E-state index in [1.165, 1.54) is 13.0 Å². The van der Waals surface area contributed by atoms with Crippen LogP contribution in [0.15, 0.2) is 23.1 Å². The first-order valence-corrected chi connectivity index (χ1v) is 9.41. The molecular formula is C11H13ClFNO4S2. The average molecular weight is 342 g/mol. The molecule has 9 heteroatoms. The van der Waals surface area contributed by atoms with Crippen molar-refractivity contribution in [3.63, 3.8) is 0 Å². The van der Waals surface area contributed by atoms with Crippen molar-refractivity contribution in [3.8, 4) is 0 Å². The molecule has 5 nitrogen and oxygen atoms in total. The highest BCUT2D eigenvalue weighted by Crippen LogP contribution is 2.26. The molecule has 0 saturated carbocycles. The number of hydrogen-bond acceptors (Lipinski definition) is 4. The maximum absolute atomic E-state index is 13.7. The van der Waals surface area contributed by atoms with Crippen LogP contribution in [-0.2, 0) is 19.9 Å². The van der Waals surface area contributed by atoms with E-state index in [0.717, 1.165) is 12.1 Å². The molecule has 1 atom stereocenters. The molecule has 0 bridgehead atoms. The summed E-state index contributed by atoms with van der Waals surface area (Å²) >= 11 is 5.57. The monoisotopic (exact) mass is 341 g/mol. The molecule has 0 aliphatic carbocycles. The molecule has 1 fully saturated rings. The molecule has 112 valence electrons. The fourth-order valence-corrected chi connectivity index (χ4v) is 6.00. The first kappa shape index (κ1) is 15.7. The van der Waals surface area contributed by atoms with E-state index in [1.54, 1.807) is 0 Å². The van der Waals surface area contributed by atoms with Crippen LogP contribution in [0.1, 0.15) is 13.3 Å². The van der Waals surface area contributed by atoms with Crippen LogP contribution in [0.2, 0.25) is 5.02 Å². The third-order valence-electron chi connectivity index (χ3n) is 3.07. The zero-order valence-electron chi connectivity index (χ0n) is 10.6. The summed E-state index contributed by atoms with van der Waals surface area (Å²) in [6, 6.07) is 3.20. The van der Waals surface area contributed by atoms with Crippen molar-refractivity contribution < 1.29 is 21.2 Å². The number of nitrogens with one attached hydrogen (secondary N) is 1. The van der Waals surface area contributed by atoms with Gasteiger partial charge in [0.1, 0.15) is 10.7 Å². The Kier molecular flexibility index (Phi) is 3.87. The predicted molar refractivity (Wildman–Crippen MR) is 73.4 cm³/mol. The molecule has 1 saturated heterocycles. The van der Waals surface area contributed by atoms with Crippen molar-refractivity contribution in [2.75, 3.05) is 11.5 Å². The lowest BCUT2D eigenvalue weighted by molar-refractivity contribution is 0.458. The van der Waals surface area contributed by atoms with Gasteiger partial charge in [0.2, 0.25) is 10.0 Å². The van der Waals surface area contributed by atoms with Gasteiger partial charge in [-0.2, -0.15) is 0 Å². The van der Waals surface area contributed by atoms with Gasteiger partial charge >= 0.3 is 0 Å². The molecular weight excluding hydrogens is 329 g/mol. The van der Waals surface area contributed by atoms with Crippen LogP contribution in [0.25, 0.3) is 0 Å². The molecule has 1 aliphatic rings. The number of benzene rings is 1. The fraction of sp³-hybridized carbons (Fsp3) is 0.455. The number of halogens is 2. The SMILES string of the molecule is CC1(NS(=O)(=O)c2ccc(Cl)cc2F)CCS(=O)(=O)C1. The van der Waals surface area contributed by atoms with Crippen LogP contribution >= 0.6 is 11.6 Å². The average Bonchev–Trinajstić information content (AvgIpc) is 2.50. The summed E-state index contributed by atoms with van der Waals surface area (Å²) in [4.78, 5) is -0.549. The van der Waals surface area contributed by atoms with Crippen molar-refractivity contribution in [2.24, 2.45) is 0 Å². The Balaban J connectivity index is 2.33. The van der Waals surface area contributed by atoms with Gasteiger partial charge in [0.05, 0.1) is 11.5 Å². The zero-order chi connectivity index (χ0) is 15.2. The van der Waals surface area contributed by atoms with E-state index in [-0.39, 0.29) is 22.9 Å². The van der Waals surface area contributed by atoms with Crippen LogP contribution in [0.5, 0.6) is 0 Å². The van der Waals surface area contributed by atoms with Crippen LogP contribution in [0.4, 0.5) is 4.39 Å². The van der Waals surface area contributed by atoms with Gasteiger partial charge in [0.15, 0.2) is 9.84 Å². The molecule has 1 aliphatic heterocycles. The fourth-order valence-electron chi connectivity index (χ4n) is 2.16. The lowest BCUT2D eigenvalue weighted by Gasteiger charge is -2.23. The summed E-state index contributed by atoms with van der Waals surface area (Å²) in [7, 11) is -7.41. The highest BCUT2D eigenvalue weighted by molar-refractivity contribution is 7.92. The van der Waals surface area contributed by atoms with E-state index in [4.69, 9.17) is 11.6 Å². The summed E-state index contributed by atoms with van der Waals surface area (Å²) < 4.78 is 63.2. The quantitative estimate of drug-likeness (QED) is 0.899. The van der Waals surface area contributed by atoms with E-state index in [9.17, 15) is 21.2 Å². The Morgan fingerprint density at radius 3 is 2.55 bits per heavy atom. The molecule has 0 amide bonds. The standard InChI is InChI=1S/C11H13ClFNO4S2/c1-11(4-5-19(15,16)7-11)14-20(17,18)10-3-2-8(12)6-9(10)13/h2-3,6,14H,4-5,7H2,1H3. The summed E-state index contributed by atoms with van der Waals surface area (Å²) in [6.45, 7) is 1.49. The van der Waals surface area contributed by atoms with Crippen molar-refractivity contribution in [1.82, 2.24) is 4.72 Å². The summed E-state index contributed by atoms with van der Waals surface area (Å²) in [5.41, 5.74) is -1.12. The van der Waals surface area contributed by atoms with Gasteiger partial charge in [0, 0.05) is 10.6 Å². The van der Waals surface area contributed by atoms with Crippen molar-refractivity contribution in [2.45, 2.75) is 23.8 Å². The van der Waals surface area contributed by atoms with Crippen molar-refractivity contribution >= 4 is 31.5 Å². The summed E-state index contributed by atoms with van der Waals surface area (Å²) in [5, 5.41) is 0.0797. The minimum absolute atomic E-state index is 0.0797. The Morgan fingerprint density at radius 2 is 2.05 bits per heavy atom. The number of sulfone groups is 1. The van der Waals surface area contributed by atoms with Gasteiger partial charge in [-0.15, -0.1) is 0 Å². The van der Waals surface area contributed by atoms with Crippen molar-refractivity contribution in [3.05, 3.63) is 29.0 Å². The summed E-state index contributed by atoms with van der Waals surface area (Å²) in [6.07, 6.45) is 0.157. The third-order valence-corrected chi connectivity index (χ3v) is 6.88. The van der Waals surface area contributed by atoms with E-state index in [0.29, 0.717) is 0 Å². The lowest BCUT2D eigenvalue weighted by atomic mass is 10.0. The number of sulfonamides is 1. The molecule has 20 heavy (non-hydrogen) atoms. The third kappa shape index (κ3) is 3.30. The molecule has 1 aromatic rings. The summed E-state index contributed by atoms with van der Waals surface area (Å²) in [5.74, 6) is -1.36. The zero-order valence-corrected chi connectivity index (χ0v) is 12.9. The van der Waals surface area contributed by atoms with E-state index in [2.05, 4.69) is 4.72 Å². The minimum Gasteiger partial charge on any atom is -0.229 e. The van der Waals surface area contributed by atoms with Gasteiger partial charge in [-0.25, -0.2) is 25.9 Å². The lowest BCUT2D eigenvalue weighted by Crippen LogP contribution is -2.46. The number of rotatable bonds is 3. The normalized spacial score (nSPS) is 25.8. The molecule has 2 rings (SSSR count). The maximum atomic E-state index is 13.7. The van der Waals surface area contributed by atoms with Gasteiger partial charge in [-0.3, -0.25) is 0 Å². The van der Waals surface area contributed by atoms with Crippen LogP contribution in [0.3, 0.4) is 0 Å². The predicted octanol–water partition coefficient (Wildman–Crippen LogP) is 1.33. The first-order valence-electron chi connectivity index (χ1n) is 5.73. The second-order valence-electron chi connectivity index (χ2n) is 5.08. The maximum Gasteiger partial charge on any atom is 0.244 e. The minimum atomic E-state index is -4.15. The van der Waals surface area contributed by atoms with Crippen LogP contribution in [0, 0.1) is 5.82 Å². The van der Waals surface area contributed by atoms with E-state index < -0.39 is 36.1 Å². The van der Waals surface area contributed by atoms with Crippen LogP contribution in [-0.4, -0.2) is 33.9 Å². The molecule has 0 radical (unpaired) electrons. The topological polar surface area (TPSA) is 80.3 Å². The first-order chi connectivity index (χ1) is 9.03. The van der Waals surface area contributed by atoms with Crippen molar-refractivity contribution in [1.29, 1.82) is 0 Å². The highest BCUT2D eigenvalue weighted by Gasteiger charge is 2.41. The largest absolute Gasteiger partial charge is 0.244 e. The molecule has 0 spiro atoms. The van der Waals surface area contributed by atoms with Gasteiger partial charge < -0.3 is 0 Å². The molecule has 0 aromatic heterocycles. The van der Waals surface area contributed by atoms with Gasteiger partial charge in [-0.1, -0.05) is 11.6 Å². The Morgan fingerprint density at radius 1 is 1.40 bits per heavy atom. The molecule has 1 unspecified atom stereocenters. The Labute approximate surface area is 122 Å². The number of hydrogen-bond donors (Lipinski definition) is 1. The molecule has 1 heterocycles. The molecule has 1 N–H and O–H groups in total.